The van der Waals surface area contributed by atoms with Gasteiger partial charge in [-0.15, -0.1) is 0 Å². The Morgan fingerprint density at radius 1 is 1.26 bits per heavy atom. The van der Waals surface area contributed by atoms with E-state index < -0.39 is 0 Å². The summed E-state index contributed by atoms with van der Waals surface area (Å²) >= 11 is 1.59. The lowest BCUT2D eigenvalue weighted by Crippen LogP contribution is -2.11. The maximum Gasteiger partial charge on any atom is 0.162 e. The molecular weight excluding hydrogens is 306 g/mol. The van der Waals surface area contributed by atoms with Crippen LogP contribution in [0, 0.1) is 11.3 Å². The van der Waals surface area contributed by atoms with Gasteiger partial charge in [-0.1, -0.05) is 6.07 Å². The normalized spacial score (nSPS) is 15.4. The second-order valence-corrected chi connectivity index (χ2v) is 6.40. The summed E-state index contributed by atoms with van der Waals surface area (Å²) < 4.78 is 11.5. The first-order valence-corrected chi connectivity index (χ1v) is 8.73. The van der Waals surface area contributed by atoms with Crippen LogP contribution in [0.1, 0.15) is 36.8 Å². The number of nitrogens with zero attached hydrogens (tertiary/aromatic N) is 1. The summed E-state index contributed by atoms with van der Waals surface area (Å²) in [4.78, 5) is 0. The number of hydrogen-bond acceptors (Lipinski definition) is 4. The van der Waals surface area contributed by atoms with Crippen LogP contribution in [0.5, 0.6) is 11.5 Å². The highest BCUT2D eigenvalue weighted by atomic mass is 32.1. The van der Waals surface area contributed by atoms with Crippen molar-refractivity contribution in [3.8, 4) is 17.6 Å². The Hall–Kier alpha value is -2.25. The highest BCUT2D eigenvalue weighted by Crippen LogP contribution is 2.33. The van der Waals surface area contributed by atoms with Gasteiger partial charge in [0.1, 0.15) is 0 Å². The third-order valence-electron chi connectivity index (χ3n) is 4.05. The van der Waals surface area contributed by atoms with Gasteiger partial charge in [0.25, 0.3) is 0 Å². The molecule has 0 N–H and O–H groups in total. The van der Waals surface area contributed by atoms with E-state index in [-0.39, 0.29) is 6.10 Å². The van der Waals surface area contributed by atoms with E-state index in [0.29, 0.717) is 5.57 Å². The van der Waals surface area contributed by atoms with E-state index in [2.05, 4.69) is 6.07 Å². The fourth-order valence-electron chi connectivity index (χ4n) is 2.83. The summed E-state index contributed by atoms with van der Waals surface area (Å²) in [6, 6.07) is 10.0. The van der Waals surface area contributed by atoms with E-state index in [1.165, 1.54) is 12.8 Å². The zero-order valence-electron chi connectivity index (χ0n) is 13.1. The zero-order chi connectivity index (χ0) is 16.1. The Kier molecular flexibility index (Phi) is 4.99. The molecule has 0 atom stereocenters. The lowest BCUT2D eigenvalue weighted by atomic mass is 10.1. The van der Waals surface area contributed by atoms with Gasteiger partial charge in [0, 0.05) is 5.56 Å². The van der Waals surface area contributed by atoms with Crippen LogP contribution in [0.2, 0.25) is 0 Å². The topological polar surface area (TPSA) is 42.2 Å². The number of nitriles is 1. The van der Waals surface area contributed by atoms with Crippen molar-refractivity contribution in [2.24, 2.45) is 0 Å². The van der Waals surface area contributed by atoms with E-state index in [1.54, 1.807) is 18.4 Å². The van der Waals surface area contributed by atoms with Crippen LogP contribution in [0.3, 0.4) is 0 Å². The molecule has 1 saturated carbocycles. The van der Waals surface area contributed by atoms with E-state index in [1.807, 2.05) is 41.1 Å². The van der Waals surface area contributed by atoms with Crippen molar-refractivity contribution >= 4 is 23.0 Å². The van der Waals surface area contributed by atoms with E-state index >= 15 is 0 Å². The maximum absolute atomic E-state index is 9.39. The summed E-state index contributed by atoms with van der Waals surface area (Å²) in [5.41, 5.74) is 2.55. The predicted molar refractivity (Wildman–Crippen MR) is 93.7 cm³/mol. The lowest BCUT2D eigenvalue weighted by molar-refractivity contribution is 0.201. The van der Waals surface area contributed by atoms with E-state index in [9.17, 15) is 5.26 Å². The molecule has 1 aliphatic carbocycles. The standard InChI is InChI=1S/C19H19NO2S/c1-21-18-7-6-14(10-16(12-20)15-8-9-23-13-15)11-19(18)22-17-4-2-3-5-17/h6-11,13,17H,2-5H2,1H3. The molecule has 0 spiro atoms. The van der Waals surface area contributed by atoms with Gasteiger partial charge < -0.3 is 9.47 Å². The smallest absolute Gasteiger partial charge is 0.162 e. The monoisotopic (exact) mass is 325 g/mol. The average Bonchev–Trinajstić information content (AvgIpc) is 3.26. The maximum atomic E-state index is 9.39. The molecule has 1 heterocycles. The van der Waals surface area contributed by atoms with Crippen LogP contribution >= 0.6 is 11.3 Å². The van der Waals surface area contributed by atoms with Crippen LogP contribution in [-0.2, 0) is 0 Å². The number of thiophene rings is 1. The largest absolute Gasteiger partial charge is 0.493 e. The van der Waals surface area contributed by atoms with Crippen molar-refractivity contribution in [2.75, 3.05) is 7.11 Å². The second-order valence-electron chi connectivity index (χ2n) is 5.62. The molecule has 3 rings (SSSR count). The Bertz CT molecular complexity index is 722. The van der Waals surface area contributed by atoms with Crippen molar-refractivity contribution in [2.45, 2.75) is 31.8 Å². The molecule has 0 saturated heterocycles. The molecule has 0 amide bonds. The minimum Gasteiger partial charge on any atom is -0.493 e. The molecule has 23 heavy (non-hydrogen) atoms. The van der Waals surface area contributed by atoms with Crippen LogP contribution in [0.4, 0.5) is 0 Å². The number of hydrogen-bond donors (Lipinski definition) is 0. The van der Waals surface area contributed by atoms with Crippen LogP contribution in [0.25, 0.3) is 11.6 Å². The Balaban J connectivity index is 1.89. The van der Waals surface area contributed by atoms with Crippen LogP contribution < -0.4 is 9.47 Å². The van der Waals surface area contributed by atoms with Crippen molar-refractivity contribution < 1.29 is 9.47 Å². The Morgan fingerprint density at radius 3 is 2.74 bits per heavy atom. The van der Waals surface area contributed by atoms with Gasteiger partial charge in [0.05, 0.1) is 24.9 Å². The second kappa shape index (κ2) is 7.34. The molecule has 1 aliphatic rings. The molecule has 118 valence electrons. The molecule has 0 radical (unpaired) electrons. The minimum absolute atomic E-state index is 0.274. The molecule has 1 fully saturated rings. The number of methoxy groups -OCH3 is 1. The quantitative estimate of drug-likeness (QED) is 0.715. The van der Waals surface area contributed by atoms with Gasteiger partial charge in [-0.05, 0) is 66.3 Å². The van der Waals surface area contributed by atoms with Gasteiger partial charge in [0.2, 0.25) is 0 Å². The molecular formula is C19H19NO2S. The number of benzene rings is 1. The van der Waals surface area contributed by atoms with Crippen molar-refractivity contribution in [1.82, 2.24) is 0 Å². The molecule has 1 aromatic carbocycles. The first-order valence-electron chi connectivity index (χ1n) is 7.79. The molecule has 4 heteroatoms. The number of allylic oxidation sites excluding steroid dienone is 1. The SMILES string of the molecule is COc1ccc(C=C(C#N)c2ccsc2)cc1OC1CCCC1. The van der Waals surface area contributed by atoms with Gasteiger partial charge in [-0.3, -0.25) is 0 Å². The molecule has 2 aromatic rings. The fourth-order valence-corrected chi connectivity index (χ4v) is 3.48. The molecule has 0 bridgehead atoms. The predicted octanol–water partition coefficient (Wildman–Crippen LogP) is 5.14. The van der Waals surface area contributed by atoms with Crippen LogP contribution in [0.15, 0.2) is 35.0 Å². The fraction of sp³-hybridized carbons (Fsp3) is 0.316. The Morgan fingerprint density at radius 2 is 2.09 bits per heavy atom. The number of rotatable bonds is 5. The van der Waals surface area contributed by atoms with Gasteiger partial charge in [-0.2, -0.15) is 16.6 Å². The van der Waals surface area contributed by atoms with Crippen molar-refractivity contribution in [1.29, 1.82) is 5.26 Å². The van der Waals surface area contributed by atoms with Crippen molar-refractivity contribution in [3.63, 3.8) is 0 Å². The third kappa shape index (κ3) is 3.75. The third-order valence-corrected chi connectivity index (χ3v) is 4.73. The van der Waals surface area contributed by atoms with Crippen LogP contribution in [-0.4, -0.2) is 13.2 Å². The lowest BCUT2D eigenvalue weighted by Gasteiger charge is -2.16. The molecule has 1 aromatic heterocycles. The summed E-state index contributed by atoms with van der Waals surface area (Å²) in [7, 11) is 1.65. The highest BCUT2D eigenvalue weighted by molar-refractivity contribution is 7.08. The molecule has 0 unspecified atom stereocenters. The average molecular weight is 325 g/mol. The van der Waals surface area contributed by atoms with E-state index in [0.717, 1.165) is 35.5 Å². The van der Waals surface area contributed by atoms with E-state index in [4.69, 9.17) is 9.47 Å². The van der Waals surface area contributed by atoms with Gasteiger partial charge >= 0.3 is 0 Å². The number of ether oxygens (including phenoxy) is 2. The summed E-state index contributed by atoms with van der Waals surface area (Å²) in [6.45, 7) is 0. The summed E-state index contributed by atoms with van der Waals surface area (Å²) in [5, 5.41) is 13.3. The first-order chi connectivity index (χ1) is 11.3. The molecule has 0 aliphatic heterocycles. The zero-order valence-corrected chi connectivity index (χ0v) is 13.9. The highest BCUT2D eigenvalue weighted by Gasteiger charge is 2.18. The van der Waals surface area contributed by atoms with Gasteiger partial charge in [0.15, 0.2) is 11.5 Å². The van der Waals surface area contributed by atoms with Gasteiger partial charge in [-0.25, -0.2) is 0 Å². The minimum atomic E-state index is 0.274. The molecule has 3 nitrogen and oxygen atoms in total. The summed E-state index contributed by atoms with van der Waals surface area (Å²) in [5.74, 6) is 1.50. The Labute approximate surface area is 140 Å². The van der Waals surface area contributed by atoms with Crippen molar-refractivity contribution in [3.05, 3.63) is 46.2 Å². The first kappa shape index (κ1) is 15.6. The summed E-state index contributed by atoms with van der Waals surface area (Å²) in [6.07, 6.45) is 6.81.